The van der Waals surface area contributed by atoms with Crippen LogP contribution in [0.5, 0.6) is 0 Å². The molecule has 6 N–H and O–H groups in total. The minimum atomic E-state index is -1.18. The summed E-state index contributed by atoms with van der Waals surface area (Å²) in [5, 5.41) is 4.18. The highest BCUT2D eigenvalue weighted by Crippen LogP contribution is 2.08. The van der Waals surface area contributed by atoms with Crippen molar-refractivity contribution in [1.82, 2.24) is 4.98 Å². The molecule has 0 aliphatic carbocycles. The molecule has 0 aromatic carbocycles. The van der Waals surface area contributed by atoms with Crippen molar-refractivity contribution in [3.63, 3.8) is 0 Å². The summed E-state index contributed by atoms with van der Waals surface area (Å²) in [6.45, 7) is 0. The Bertz CT molecular complexity index is 484. The molecule has 94 valence electrons. The van der Waals surface area contributed by atoms with E-state index in [9.17, 15) is 19.2 Å². The monoisotopic (exact) mass is 251 g/mol. The van der Waals surface area contributed by atoms with Gasteiger partial charge in [0.1, 0.15) is 11.6 Å². The molecule has 0 saturated heterocycles. The fourth-order valence-electron chi connectivity index (χ4n) is 0.930. The van der Waals surface area contributed by atoms with Crippen molar-refractivity contribution < 1.29 is 19.2 Å². The molecule has 1 aromatic rings. The van der Waals surface area contributed by atoms with Gasteiger partial charge in [-0.2, -0.15) is 0 Å². The van der Waals surface area contributed by atoms with E-state index in [1.54, 1.807) is 0 Å². The van der Waals surface area contributed by atoms with Gasteiger partial charge in [0, 0.05) is 0 Å². The number of rotatable bonds is 2. The molecule has 0 fully saturated rings. The van der Waals surface area contributed by atoms with Gasteiger partial charge in [0.25, 0.3) is 0 Å². The van der Waals surface area contributed by atoms with Crippen molar-refractivity contribution in [2.24, 2.45) is 11.5 Å². The standard InChI is InChI=1S/C9H9N5O4/c10-6(15)8(17)13-4-2-1-3-5(12-4)14-9(18)7(11)16/h1-3H,(H2,10,15)(H2,11,16)(H2,12,13,14,17,18). The molecular weight excluding hydrogens is 242 g/mol. The first-order valence-electron chi connectivity index (χ1n) is 4.59. The molecule has 4 amide bonds. The summed E-state index contributed by atoms with van der Waals surface area (Å²) in [6.07, 6.45) is 0. The molecule has 0 atom stereocenters. The number of hydrogen-bond acceptors (Lipinski definition) is 5. The van der Waals surface area contributed by atoms with Crippen molar-refractivity contribution in [3.05, 3.63) is 18.2 Å². The number of nitrogens with zero attached hydrogens (tertiary/aromatic N) is 1. The van der Waals surface area contributed by atoms with E-state index < -0.39 is 23.6 Å². The van der Waals surface area contributed by atoms with Crippen LogP contribution in [0.2, 0.25) is 0 Å². The van der Waals surface area contributed by atoms with E-state index in [4.69, 9.17) is 11.5 Å². The van der Waals surface area contributed by atoms with Crippen LogP contribution < -0.4 is 22.1 Å². The Labute approximate surface area is 101 Å². The molecular formula is C9H9N5O4. The van der Waals surface area contributed by atoms with Crippen LogP contribution in [0.4, 0.5) is 11.6 Å². The summed E-state index contributed by atoms with van der Waals surface area (Å²) in [5.74, 6) is -4.49. The average molecular weight is 251 g/mol. The highest BCUT2D eigenvalue weighted by Gasteiger charge is 2.12. The van der Waals surface area contributed by atoms with E-state index in [1.807, 2.05) is 0 Å². The second kappa shape index (κ2) is 5.39. The molecule has 0 saturated carbocycles. The molecule has 1 heterocycles. The fraction of sp³-hybridized carbons (Fsp3) is 0. The number of amides is 4. The lowest BCUT2D eigenvalue weighted by Crippen LogP contribution is -2.31. The van der Waals surface area contributed by atoms with Crippen LogP contribution in [-0.4, -0.2) is 28.6 Å². The van der Waals surface area contributed by atoms with Crippen molar-refractivity contribution in [2.45, 2.75) is 0 Å². The number of carbonyl (C=O) groups is 4. The van der Waals surface area contributed by atoms with Gasteiger partial charge in [-0.3, -0.25) is 19.2 Å². The molecule has 0 aliphatic heterocycles. The zero-order valence-corrected chi connectivity index (χ0v) is 8.97. The number of primary amides is 2. The van der Waals surface area contributed by atoms with Crippen LogP contribution in [0.15, 0.2) is 18.2 Å². The minimum absolute atomic E-state index is 0.0129. The highest BCUT2D eigenvalue weighted by atomic mass is 16.2. The lowest BCUT2D eigenvalue weighted by atomic mass is 10.4. The van der Waals surface area contributed by atoms with Gasteiger partial charge in [-0.25, -0.2) is 4.98 Å². The third-order valence-electron chi connectivity index (χ3n) is 1.68. The van der Waals surface area contributed by atoms with E-state index in [0.29, 0.717) is 0 Å². The number of aromatic nitrogens is 1. The van der Waals surface area contributed by atoms with Crippen molar-refractivity contribution >= 4 is 35.3 Å². The molecule has 1 rings (SSSR count). The number of pyridine rings is 1. The third kappa shape index (κ3) is 3.56. The Kier molecular flexibility index (Phi) is 3.92. The lowest BCUT2D eigenvalue weighted by Gasteiger charge is -2.05. The van der Waals surface area contributed by atoms with Crippen molar-refractivity contribution in [3.8, 4) is 0 Å². The van der Waals surface area contributed by atoms with E-state index in [1.165, 1.54) is 18.2 Å². The normalized spacial score (nSPS) is 9.33. The zero-order valence-electron chi connectivity index (χ0n) is 8.97. The Morgan fingerprint density at radius 1 is 0.889 bits per heavy atom. The lowest BCUT2D eigenvalue weighted by molar-refractivity contribution is -0.134. The maximum Gasteiger partial charge on any atom is 0.314 e. The van der Waals surface area contributed by atoms with Crippen LogP contribution in [0.3, 0.4) is 0 Å². The summed E-state index contributed by atoms with van der Waals surface area (Å²) in [4.78, 5) is 46.7. The van der Waals surface area contributed by atoms with E-state index >= 15 is 0 Å². The molecule has 9 heteroatoms. The second-order valence-electron chi connectivity index (χ2n) is 3.04. The van der Waals surface area contributed by atoms with Crippen LogP contribution in [0, 0.1) is 0 Å². The fourth-order valence-corrected chi connectivity index (χ4v) is 0.930. The predicted molar refractivity (Wildman–Crippen MR) is 59.9 cm³/mol. The maximum atomic E-state index is 11.0. The van der Waals surface area contributed by atoms with Crippen LogP contribution in [0.1, 0.15) is 0 Å². The molecule has 0 spiro atoms. The number of nitrogens with two attached hydrogens (primary N) is 2. The smallest absolute Gasteiger partial charge is 0.314 e. The van der Waals surface area contributed by atoms with Crippen LogP contribution in [0.25, 0.3) is 0 Å². The second-order valence-corrected chi connectivity index (χ2v) is 3.04. The first-order valence-corrected chi connectivity index (χ1v) is 4.59. The molecule has 18 heavy (non-hydrogen) atoms. The van der Waals surface area contributed by atoms with Crippen molar-refractivity contribution in [2.75, 3.05) is 10.6 Å². The van der Waals surface area contributed by atoms with Gasteiger partial charge in [-0.15, -0.1) is 0 Å². The summed E-state index contributed by atoms with van der Waals surface area (Å²) in [7, 11) is 0. The number of anilines is 2. The average Bonchev–Trinajstić information content (AvgIpc) is 2.29. The Hall–Kier alpha value is -2.97. The Morgan fingerprint density at radius 2 is 1.28 bits per heavy atom. The molecule has 0 aliphatic rings. The topological polar surface area (TPSA) is 157 Å². The maximum absolute atomic E-state index is 11.0. The number of nitrogens with one attached hydrogen (secondary N) is 2. The Balaban J connectivity index is 2.80. The summed E-state index contributed by atoms with van der Waals surface area (Å²) >= 11 is 0. The molecule has 9 nitrogen and oxygen atoms in total. The van der Waals surface area contributed by atoms with Gasteiger partial charge < -0.3 is 22.1 Å². The van der Waals surface area contributed by atoms with Gasteiger partial charge in [0.15, 0.2) is 0 Å². The molecule has 1 aromatic heterocycles. The van der Waals surface area contributed by atoms with E-state index in [-0.39, 0.29) is 11.6 Å². The summed E-state index contributed by atoms with van der Waals surface area (Å²) in [6, 6.07) is 4.15. The van der Waals surface area contributed by atoms with Crippen LogP contribution >= 0.6 is 0 Å². The third-order valence-corrected chi connectivity index (χ3v) is 1.68. The summed E-state index contributed by atoms with van der Waals surface area (Å²) < 4.78 is 0. The van der Waals surface area contributed by atoms with E-state index in [2.05, 4.69) is 15.6 Å². The molecule has 0 bridgehead atoms. The highest BCUT2D eigenvalue weighted by molar-refractivity contribution is 6.39. The molecule has 0 unspecified atom stereocenters. The van der Waals surface area contributed by atoms with E-state index in [0.717, 1.165) is 0 Å². The predicted octanol–water partition coefficient (Wildman–Crippen LogP) is -2.07. The summed E-state index contributed by atoms with van der Waals surface area (Å²) in [5.41, 5.74) is 9.47. The minimum Gasteiger partial charge on any atom is -0.361 e. The Morgan fingerprint density at radius 3 is 1.61 bits per heavy atom. The van der Waals surface area contributed by atoms with Gasteiger partial charge in [-0.05, 0) is 12.1 Å². The quantitative estimate of drug-likeness (QED) is 0.444. The SMILES string of the molecule is NC(=O)C(=O)Nc1cccc(NC(=O)C(N)=O)n1. The van der Waals surface area contributed by atoms with Gasteiger partial charge in [-0.1, -0.05) is 6.07 Å². The van der Waals surface area contributed by atoms with Gasteiger partial charge in [0.05, 0.1) is 0 Å². The van der Waals surface area contributed by atoms with Crippen LogP contribution in [-0.2, 0) is 19.2 Å². The van der Waals surface area contributed by atoms with Gasteiger partial charge in [0.2, 0.25) is 0 Å². The number of hydrogen-bond donors (Lipinski definition) is 4. The first kappa shape index (κ1) is 13.1. The first-order chi connectivity index (χ1) is 8.40. The van der Waals surface area contributed by atoms with Gasteiger partial charge >= 0.3 is 23.6 Å². The zero-order chi connectivity index (χ0) is 13.7. The largest absolute Gasteiger partial charge is 0.361 e. The number of carbonyl (C=O) groups excluding carboxylic acids is 4. The molecule has 0 radical (unpaired) electrons. The van der Waals surface area contributed by atoms with Crippen molar-refractivity contribution in [1.29, 1.82) is 0 Å².